The van der Waals surface area contributed by atoms with Gasteiger partial charge in [0.15, 0.2) is 16.7 Å². The Hall–Kier alpha value is -2.64. The zero-order valence-corrected chi connectivity index (χ0v) is 20.2. The van der Waals surface area contributed by atoms with Gasteiger partial charge in [-0.05, 0) is 58.6 Å². The molecule has 8 heteroatoms. The van der Waals surface area contributed by atoms with Crippen molar-refractivity contribution in [1.29, 1.82) is 5.41 Å². The summed E-state index contributed by atoms with van der Waals surface area (Å²) >= 11 is 7.47. The highest BCUT2D eigenvalue weighted by molar-refractivity contribution is 8.18. The maximum Gasteiger partial charge on any atom is 0.264 e. The van der Waals surface area contributed by atoms with Crippen LogP contribution in [0.5, 0.6) is 17.2 Å². The van der Waals surface area contributed by atoms with E-state index in [0.717, 1.165) is 17.5 Å². The van der Waals surface area contributed by atoms with Crippen LogP contribution in [0.2, 0.25) is 5.02 Å². The average molecular weight is 475 g/mol. The molecule has 0 aromatic heterocycles. The van der Waals surface area contributed by atoms with Crippen LogP contribution in [0.4, 0.5) is 0 Å². The van der Waals surface area contributed by atoms with E-state index in [9.17, 15) is 4.79 Å². The van der Waals surface area contributed by atoms with E-state index in [-0.39, 0.29) is 16.5 Å². The van der Waals surface area contributed by atoms with Crippen molar-refractivity contribution < 1.29 is 19.0 Å². The normalized spacial score (nSPS) is 15.1. The fraction of sp³-hybridized carbons (Fsp3) is 0.333. The molecule has 170 valence electrons. The molecule has 2 N–H and O–H groups in total. The van der Waals surface area contributed by atoms with Crippen molar-refractivity contribution in [3.05, 3.63) is 57.5 Å². The molecule has 1 saturated heterocycles. The van der Waals surface area contributed by atoms with Crippen LogP contribution in [0, 0.1) is 5.41 Å². The Balaban J connectivity index is 1.55. The van der Waals surface area contributed by atoms with Crippen molar-refractivity contribution in [2.24, 2.45) is 0 Å². The Labute approximate surface area is 197 Å². The third-order valence-electron chi connectivity index (χ3n) is 4.74. The second kappa shape index (κ2) is 10.3. The predicted octanol–water partition coefficient (Wildman–Crippen LogP) is 5.63. The summed E-state index contributed by atoms with van der Waals surface area (Å²) in [5.41, 5.74) is 2.07. The van der Waals surface area contributed by atoms with Gasteiger partial charge in [-0.2, -0.15) is 0 Å². The van der Waals surface area contributed by atoms with Gasteiger partial charge in [0.1, 0.15) is 5.75 Å². The molecule has 1 fully saturated rings. The first-order chi connectivity index (χ1) is 15.2. The first-order valence-electron chi connectivity index (χ1n) is 10.2. The van der Waals surface area contributed by atoms with Gasteiger partial charge in [0.25, 0.3) is 5.91 Å². The Kier molecular flexibility index (Phi) is 7.74. The molecule has 0 atom stereocenters. The van der Waals surface area contributed by atoms with Gasteiger partial charge >= 0.3 is 0 Å². The first-order valence-corrected chi connectivity index (χ1v) is 11.4. The van der Waals surface area contributed by atoms with E-state index in [1.165, 1.54) is 12.7 Å². The molecule has 1 heterocycles. The second-order valence-electron chi connectivity index (χ2n) is 8.25. The predicted molar refractivity (Wildman–Crippen MR) is 130 cm³/mol. The number of methoxy groups -OCH3 is 1. The SMILES string of the molecule is COc1cc(C=C2SC(=N)NC2=O)cc(Cl)c1OCCCOc1ccc(C(C)(C)C)cc1. The van der Waals surface area contributed by atoms with Crippen molar-refractivity contribution >= 4 is 40.5 Å². The highest BCUT2D eigenvalue weighted by Gasteiger charge is 2.22. The summed E-state index contributed by atoms with van der Waals surface area (Å²) in [6, 6.07) is 11.6. The fourth-order valence-electron chi connectivity index (χ4n) is 3.03. The molecule has 1 aliphatic heterocycles. The lowest BCUT2D eigenvalue weighted by Crippen LogP contribution is -2.18. The lowest BCUT2D eigenvalue weighted by atomic mass is 9.87. The van der Waals surface area contributed by atoms with Crippen molar-refractivity contribution in [1.82, 2.24) is 5.32 Å². The summed E-state index contributed by atoms with van der Waals surface area (Å²) in [6.45, 7) is 7.46. The molecular formula is C24H27ClN2O4S. The molecule has 0 unspecified atom stereocenters. The number of hydrogen-bond acceptors (Lipinski definition) is 6. The molecular weight excluding hydrogens is 448 g/mol. The van der Waals surface area contributed by atoms with Crippen LogP contribution in [-0.4, -0.2) is 31.4 Å². The Morgan fingerprint density at radius 2 is 1.81 bits per heavy atom. The number of benzene rings is 2. The number of thioether (sulfide) groups is 1. The Morgan fingerprint density at radius 3 is 2.41 bits per heavy atom. The van der Waals surface area contributed by atoms with E-state index in [4.69, 9.17) is 31.2 Å². The van der Waals surface area contributed by atoms with Crippen molar-refractivity contribution in [3.63, 3.8) is 0 Å². The minimum absolute atomic E-state index is 0.103. The minimum atomic E-state index is -0.302. The van der Waals surface area contributed by atoms with E-state index >= 15 is 0 Å². The van der Waals surface area contributed by atoms with E-state index in [1.807, 2.05) is 12.1 Å². The molecule has 32 heavy (non-hydrogen) atoms. The number of ether oxygens (including phenoxy) is 3. The third kappa shape index (κ3) is 6.20. The van der Waals surface area contributed by atoms with Gasteiger partial charge in [0.05, 0.1) is 30.3 Å². The van der Waals surface area contributed by atoms with E-state index in [0.29, 0.717) is 46.6 Å². The Morgan fingerprint density at radius 1 is 1.12 bits per heavy atom. The summed E-state index contributed by atoms with van der Waals surface area (Å²) in [6.07, 6.45) is 2.34. The topological polar surface area (TPSA) is 80.6 Å². The van der Waals surface area contributed by atoms with Gasteiger partial charge in [-0.15, -0.1) is 0 Å². The first kappa shape index (κ1) is 24.0. The number of rotatable bonds is 8. The van der Waals surface area contributed by atoms with E-state index in [1.54, 1.807) is 18.2 Å². The van der Waals surface area contributed by atoms with Crippen molar-refractivity contribution in [3.8, 4) is 17.2 Å². The van der Waals surface area contributed by atoms with Gasteiger partial charge in [-0.25, -0.2) is 0 Å². The van der Waals surface area contributed by atoms with E-state index < -0.39 is 0 Å². The number of hydrogen-bond donors (Lipinski definition) is 2. The number of amides is 1. The average Bonchev–Trinajstić information content (AvgIpc) is 3.05. The van der Waals surface area contributed by atoms with Crippen LogP contribution in [0.25, 0.3) is 6.08 Å². The van der Waals surface area contributed by atoms with E-state index in [2.05, 4.69) is 38.2 Å². The molecule has 0 radical (unpaired) electrons. The highest BCUT2D eigenvalue weighted by Crippen LogP contribution is 2.38. The van der Waals surface area contributed by atoms with Crippen molar-refractivity contribution in [2.75, 3.05) is 20.3 Å². The monoisotopic (exact) mass is 474 g/mol. The second-order valence-corrected chi connectivity index (χ2v) is 9.71. The van der Waals surface area contributed by atoms with Crippen LogP contribution < -0.4 is 19.5 Å². The smallest absolute Gasteiger partial charge is 0.264 e. The maximum absolute atomic E-state index is 11.8. The molecule has 1 amide bonds. The fourth-order valence-corrected chi connectivity index (χ4v) is 4.01. The molecule has 0 saturated carbocycles. The summed E-state index contributed by atoms with van der Waals surface area (Å²) in [4.78, 5) is 12.2. The summed E-state index contributed by atoms with van der Waals surface area (Å²) < 4.78 is 17.1. The maximum atomic E-state index is 11.8. The van der Waals surface area contributed by atoms with Crippen LogP contribution >= 0.6 is 23.4 Å². The minimum Gasteiger partial charge on any atom is -0.493 e. The summed E-state index contributed by atoms with van der Waals surface area (Å²) in [7, 11) is 1.53. The molecule has 6 nitrogen and oxygen atoms in total. The number of nitrogens with one attached hydrogen (secondary N) is 2. The summed E-state index contributed by atoms with van der Waals surface area (Å²) in [5, 5.41) is 10.5. The molecule has 0 spiro atoms. The molecule has 0 bridgehead atoms. The molecule has 0 aliphatic carbocycles. The van der Waals surface area contributed by atoms with Gasteiger partial charge in [0.2, 0.25) is 0 Å². The van der Waals surface area contributed by atoms with Crippen LogP contribution in [0.1, 0.15) is 38.3 Å². The molecule has 1 aliphatic rings. The molecule has 2 aromatic carbocycles. The number of carbonyl (C=O) groups is 1. The molecule has 2 aromatic rings. The van der Waals surface area contributed by atoms with Crippen molar-refractivity contribution in [2.45, 2.75) is 32.6 Å². The summed E-state index contributed by atoms with van der Waals surface area (Å²) in [5.74, 6) is 1.44. The lowest BCUT2D eigenvalue weighted by Gasteiger charge is -2.19. The number of amidine groups is 1. The third-order valence-corrected chi connectivity index (χ3v) is 5.85. The highest BCUT2D eigenvalue weighted by atomic mass is 35.5. The number of carbonyl (C=O) groups excluding carboxylic acids is 1. The number of halogens is 1. The van der Waals surface area contributed by atoms with Gasteiger partial charge in [-0.1, -0.05) is 44.5 Å². The van der Waals surface area contributed by atoms with Gasteiger partial charge < -0.3 is 19.5 Å². The zero-order valence-electron chi connectivity index (χ0n) is 18.6. The van der Waals surface area contributed by atoms with Gasteiger partial charge in [-0.3, -0.25) is 10.2 Å². The lowest BCUT2D eigenvalue weighted by molar-refractivity contribution is -0.115. The largest absolute Gasteiger partial charge is 0.493 e. The van der Waals surface area contributed by atoms with Crippen LogP contribution in [0.3, 0.4) is 0 Å². The Bertz CT molecular complexity index is 1030. The standard InChI is InChI=1S/C24H27ClN2O4S/c1-24(2,3)16-6-8-17(9-7-16)30-10-5-11-31-21-18(25)12-15(13-19(21)29-4)14-20-22(28)27-23(26)32-20/h6-9,12-14H,5,10-11H2,1-4H3,(H2,26,27,28). The van der Waals surface area contributed by atoms with Gasteiger partial charge in [0, 0.05) is 6.42 Å². The quantitative estimate of drug-likeness (QED) is 0.382. The molecule has 3 rings (SSSR count). The van der Waals surface area contributed by atoms with Crippen LogP contribution in [-0.2, 0) is 10.2 Å². The van der Waals surface area contributed by atoms with Crippen LogP contribution in [0.15, 0.2) is 41.3 Å². The zero-order chi connectivity index (χ0) is 23.3.